The van der Waals surface area contributed by atoms with Gasteiger partial charge in [-0.25, -0.2) is 0 Å². The lowest BCUT2D eigenvalue weighted by Crippen LogP contribution is -2.14. The van der Waals surface area contributed by atoms with E-state index in [-0.39, 0.29) is 11.8 Å². The van der Waals surface area contributed by atoms with Crippen molar-refractivity contribution in [2.45, 2.75) is 26.8 Å². The summed E-state index contributed by atoms with van der Waals surface area (Å²) in [4.78, 5) is 12.5. The number of carbonyl (C=O) groups excluding carboxylic acids is 1. The smallest absolute Gasteiger partial charge is 0.215 e. The van der Waals surface area contributed by atoms with Crippen molar-refractivity contribution in [2.24, 2.45) is 7.05 Å². The number of hydrogen-bond donors (Lipinski definition) is 0. The molecule has 0 spiro atoms. The van der Waals surface area contributed by atoms with E-state index in [1.807, 2.05) is 20.8 Å². The van der Waals surface area contributed by atoms with E-state index in [0.29, 0.717) is 15.7 Å². The second-order valence-corrected chi connectivity index (χ2v) is 5.36. The Kier molecular flexibility index (Phi) is 3.38. The van der Waals surface area contributed by atoms with Crippen LogP contribution in [0.3, 0.4) is 0 Å². The van der Waals surface area contributed by atoms with Crippen LogP contribution in [0, 0.1) is 6.92 Å². The van der Waals surface area contributed by atoms with E-state index in [2.05, 4.69) is 26.1 Å². The van der Waals surface area contributed by atoms with Crippen molar-refractivity contribution in [1.29, 1.82) is 0 Å². The van der Waals surface area contributed by atoms with Gasteiger partial charge in [-0.05, 0) is 36.7 Å². The summed E-state index contributed by atoms with van der Waals surface area (Å²) in [6.45, 7) is 5.82. The largest absolute Gasteiger partial charge is 0.287 e. The number of nitrogens with zero attached hydrogens (tertiary/aromatic N) is 4. The maximum atomic E-state index is 12.5. The molecular weight excluding hydrogens is 296 g/mol. The van der Waals surface area contributed by atoms with Gasteiger partial charge in [-0.1, -0.05) is 0 Å². The van der Waals surface area contributed by atoms with Gasteiger partial charge in [0.15, 0.2) is 0 Å². The molecule has 5 nitrogen and oxygen atoms in total. The van der Waals surface area contributed by atoms with Crippen LogP contribution in [-0.2, 0) is 7.05 Å². The van der Waals surface area contributed by atoms with Crippen LogP contribution in [-0.4, -0.2) is 25.3 Å². The van der Waals surface area contributed by atoms with E-state index >= 15 is 0 Å². The van der Waals surface area contributed by atoms with Gasteiger partial charge in [0.1, 0.15) is 5.69 Å². The predicted molar refractivity (Wildman–Crippen MR) is 71.7 cm³/mol. The van der Waals surface area contributed by atoms with Crippen LogP contribution in [0.1, 0.15) is 41.6 Å². The summed E-state index contributed by atoms with van der Waals surface area (Å²) >= 11 is 3.38. The molecule has 0 N–H and O–H groups in total. The Morgan fingerprint density at radius 2 is 2.11 bits per heavy atom. The molecule has 2 heterocycles. The van der Waals surface area contributed by atoms with E-state index in [1.165, 1.54) is 0 Å². The Morgan fingerprint density at radius 3 is 2.61 bits per heavy atom. The molecule has 18 heavy (non-hydrogen) atoms. The van der Waals surface area contributed by atoms with Gasteiger partial charge in [-0.15, -0.1) is 0 Å². The zero-order valence-corrected chi connectivity index (χ0v) is 12.4. The molecule has 0 amide bonds. The Labute approximate surface area is 114 Å². The number of rotatable bonds is 3. The molecule has 0 saturated carbocycles. The Morgan fingerprint density at radius 1 is 1.44 bits per heavy atom. The van der Waals surface area contributed by atoms with Crippen LogP contribution in [0.25, 0.3) is 0 Å². The number of ketones is 1. The molecule has 96 valence electrons. The zero-order valence-electron chi connectivity index (χ0n) is 10.8. The van der Waals surface area contributed by atoms with Gasteiger partial charge in [-0.3, -0.25) is 14.2 Å². The second-order valence-electron chi connectivity index (χ2n) is 4.51. The first kappa shape index (κ1) is 13.0. The molecule has 2 rings (SSSR count). The number of halogens is 1. The highest BCUT2D eigenvalue weighted by atomic mass is 79.9. The summed E-state index contributed by atoms with van der Waals surface area (Å²) < 4.78 is 4.08. The second kappa shape index (κ2) is 4.68. The Balaban J connectivity index is 2.52. The minimum atomic E-state index is -0.0568. The molecule has 0 fully saturated rings. The lowest BCUT2D eigenvalue weighted by Gasteiger charge is -2.10. The van der Waals surface area contributed by atoms with E-state index in [1.54, 1.807) is 28.8 Å². The van der Waals surface area contributed by atoms with Crippen molar-refractivity contribution in [2.75, 3.05) is 0 Å². The molecule has 2 aromatic rings. The SMILES string of the molecule is Cc1nn(C)cc1C(=O)c1c(Br)cnn1C(C)C. The van der Waals surface area contributed by atoms with E-state index < -0.39 is 0 Å². The zero-order chi connectivity index (χ0) is 13.4. The fourth-order valence-corrected chi connectivity index (χ4v) is 2.35. The molecule has 0 aliphatic heterocycles. The summed E-state index contributed by atoms with van der Waals surface area (Å²) in [6.07, 6.45) is 3.39. The van der Waals surface area contributed by atoms with E-state index in [9.17, 15) is 4.79 Å². The first-order valence-electron chi connectivity index (χ1n) is 5.69. The monoisotopic (exact) mass is 310 g/mol. The highest BCUT2D eigenvalue weighted by Crippen LogP contribution is 2.23. The van der Waals surface area contributed by atoms with Crippen LogP contribution in [0.15, 0.2) is 16.9 Å². The highest BCUT2D eigenvalue weighted by Gasteiger charge is 2.23. The average molecular weight is 311 g/mol. The topological polar surface area (TPSA) is 52.7 Å². The molecule has 0 aromatic carbocycles. The normalized spacial score (nSPS) is 11.2. The minimum absolute atomic E-state index is 0.0568. The summed E-state index contributed by atoms with van der Waals surface area (Å²) in [6, 6.07) is 0.132. The number of aryl methyl sites for hydroxylation is 2. The van der Waals surface area contributed by atoms with E-state index in [0.717, 1.165) is 5.69 Å². The van der Waals surface area contributed by atoms with Gasteiger partial charge < -0.3 is 0 Å². The lowest BCUT2D eigenvalue weighted by atomic mass is 10.1. The predicted octanol–water partition coefficient (Wildman–Crippen LogP) is 2.50. The van der Waals surface area contributed by atoms with Crippen LogP contribution < -0.4 is 0 Å². The molecular formula is C12H15BrN4O. The van der Waals surface area contributed by atoms with Gasteiger partial charge in [-0.2, -0.15) is 10.2 Å². The van der Waals surface area contributed by atoms with E-state index in [4.69, 9.17) is 0 Å². The van der Waals surface area contributed by atoms with Crippen LogP contribution in [0.5, 0.6) is 0 Å². The first-order chi connectivity index (χ1) is 8.41. The van der Waals surface area contributed by atoms with Crippen molar-refractivity contribution >= 4 is 21.7 Å². The molecule has 2 aromatic heterocycles. The summed E-state index contributed by atoms with van der Waals surface area (Å²) in [5.74, 6) is -0.0568. The third-order valence-corrected chi connectivity index (χ3v) is 3.29. The number of aromatic nitrogens is 4. The standard InChI is InChI=1S/C12H15BrN4O/c1-7(2)17-11(10(13)5-14-17)12(18)9-6-16(4)15-8(9)3/h5-7H,1-4H3. The number of hydrogen-bond acceptors (Lipinski definition) is 3. The maximum absolute atomic E-state index is 12.5. The summed E-state index contributed by atoms with van der Waals surface area (Å²) in [7, 11) is 1.80. The fourth-order valence-electron chi connectivity index (χ4n) is 1.90. The highest BCUT2D eigenvalue weighted by molar-refractivity contribution is 9.10. The van der Waals surface area contributed by atoms with Gasteiger partial charge in [0, 0.05) is 19.3 Å². The summed E-state index contributed by atoms with van der Waals surface area (Å²) in [5, 5.41) is 8.42. The maximum Gasteiger partial charge on any atom is 0.215 e. The van der Waals surface area contributed by atoms with Gasteiger partial charge in [0.05, 0.1) is 21.9 Å². The lowest BCUT2D eigenvalue weighted by molar-refractivity contribution is 0.102. The van der Waals surface area contributed by atoms with Crippen molar-refractivity contribution in [3.05, 3.63) is 33.8 Å². The summed E-state index contributed by atoms with van der Waals surface area (Å²) in [5.41, 5.74) is 1.91. The molecule has 0 aliphatic carbocycles. The van der Waals surface area contributed by atoms with Crippen molar-refractivity contribution in [3.8, 4) is 0 Å². The third kappa shape index (κ3) is 2.12. The van der Waals surface area contributed by atoms with Crippen molar-refractivity contribution in [3.63, 3.8) is 0 Å². The first-order valence-corrected chi connectivity index (χ1v) is 6.49. The fraction of sp³-hybridized carbons (Fsp3) is 0.417. The molecule has 6 heteroatoms. The average Bonchev–Trinajstić information content (AvgIpc) is 2.81. The number of carbonyl (C=O) groups is 1. The van der Waals surface area contributed by atoms with Gasteiger partial charge in [0.2, 0.25) is 5.78 Å². The molecule has 0 unspecified atom stereocenters. The Bertz CT molecular complexity index is 597. The minimum Gasteiger partial charge on any atom is -0.287 e. The van der Waals surface area contributed by atoms with Gasteiger partial charge >= 0.3 is 0 Å². The van der Waals surface area contributed by atoms with Gasteiger partial charge in [0.25, 0.3) is 0 Å². The molecule has 0 atom stereocenters. The van der Waals surface area contributed by atoms with Crippen LogP contribution in [0.2, 0.25) is 0 Å². The molecule has 0 saturated heterocycles. The van der Waals surface area contributed by atoms with Crippen LogP contribution >= 0.6 is 15.9 Å². The van der Waals surface area contributed by atoms with Crippen molar-refractivity contribution < 1.29 is 4.79 Å². The molecule has 0 aliphatic rings. The Hall–Kier alpha value is -1.43. The van der Waals surface area contributed by atoms with Crippen LogP contribution in [0.4, 0.5) is 0 Å². The van der Waals surface area contributed by atoms with Crippen molar-refractivity contribution in [1.82, 2.24) is 19.6 Å². The molecule has 0 bridgehead atoms. The third-order valence-electron chi connectivity index (χ3n) is 2.71. The quantitative estimate of drug-likeness (QED) is 0.818. The molecule has 0 radical (unpaired) electrons.